The molecule has 4 N–H and O–H groups in total. The Morgan fingerprint density at radius 1 is 1.00 bits per heavy atom. The summed E-state index contributed by atoms with van der Waals surface area (Å²) >= 11 is 0. The van der Waals surface area contributed by atoms with Gasteiger partial charge in [0.05, 0.1) is 25.3 Å². The number of hydrogen-bond acceptors (Lipinski definition) is 6. The Bertz CT molecular complexity index is 1410. The molecule has 1 aliphatic heterocycles. The molecule has 2 aromatic carbocycles. The summed E-state index contributed by atoms with van der Waals surface area (Å²) < 4.78 is 19.4. The Morgan fingerprint density at radius 2 is 1.57 bits per heavy atom. The van der Waals surface area contributed by atoms with Crippen LogP contribution in [0, 0.1) is 0 Å². The molecule has 0 bridgehead atoms. The summed E-state index contributed by atoms with van der Waals surface area (Å²) in [6, 6.07) is 10.3. The molecule has 1 aliphatic rings. The quantitative estimate of drug-likeness (QED) is 0.152. The lowest BCUT2D eigenvalue weighted by atomic mass is 10.0. The molecule has 11 heteroatoms. The van der Waals surface area contributed by atoms with E-state index in [4.69, 9.17) is 24.4 Å². The molecule has 9 nitrogen and oxygen atoms in total. The fourth-order valence-corrected chi connectivity index (χ4v) is 12.6. The van der Waals surface area contributed by atoms with Crippen LogP contribution in [0.15, 0.2) is 42.6 Å². The van der Waals surface area contributed by atoms with Crippen molar-refractivity contribution in [2.45, 2.75) is 110 Å². The number of amides is 2. The van der Waals surface area contributed by atoms with Crippen LogP contribution < -0.4 is 20.2 Å². The van der Waals surface area contributed by atoms with Crippen LogP contribution in [-0.2, 0) is 4.43 Å². The van der Waals surface area contributed by atoms with Crippen LogP contribution in [0.1, 0.15) is 84.7 Å². The molecular formula is C35H55N3O6Si2. The summed E-state index contributed by atoms with van der Waals surface area (Å²) in [6.07, 6.45) is 1.32. The molecule has 1 atom stereocenters. The van der Waals surface area contributed by atoms with E-state index in [-0.39, 0.29) is 17.0 Å². The van der Waals surface area contributed by atoms with Gasteiger partial charge in [0, 0.05) is 23.6 Å². The van der Waals surface area contributed by atoms with E-state index < -0.39 is 22.7 Å². The molecule has 0 aromatic heterocycles. The summed E-state index contributed by atoms with van der Waals surface area (Å²) in [5.74, 6) is 0.811. The highest BCUT2D eigenvalue weighted by Crippen LogP contribution is 2.46. The first-order valence-corrected chi connectivity index (χ1v) is 21.2. The van der Waals surface area contributed by atoms with Crippen molar-refractivity contribution in [3.63, 3.8) is 0 Å². The molecule has 0 fully saturated rings. The Hall–Kier alpha value is -3.29. The number of nitrogens with zero attached hydrogens (tertiary/aromatic N) is 1. The predicted molar refractivity (Wildman–Crippen MR) is 193 cm³/mol. The van der Waals surface area contributed by atoms with E-state index in [1.54, 1.807) is 36.3 Å². The molecule has 1 heterocycles. The number of ether oxygens (including phenoxy) is 1. The molecule has 3 rings (SSSR count). The van der Waals surface area contributed by atoms with Gasteiger partial charge < -0.3 is 29.3 Å². The average Bonchev–Trinajstić information content (AvgIpc) is 3.37. The van der Waals surface area contributed by atoms with Gasteiger partial charge in [-0.25, -0.2) is 4.79 Å². The van der Waals surface area contributed by atoms with Crippen LogP contribution in [0.5, 0.6) is 11.5 Å². The number of rotatable bonds is 12. The van der Waals surface area contributed by atoms with Crippen molar-refractivity contribution >= 4 is 45.6 Å². The van der Waals surface area contributed by atoms with E-state index in [0.717, 1.165) is 11.1 Å². The Balaban J connectivity index is 2.04. The number of nitrogens with one attached hydrogen (secondary N) is 1. The average molecular weight is 670 g/mol. The maximum Gasteiger partial charge on any atom is 0.409 e. The first-order chi connectivity index (χ1) is 21.2. The van der Waals surface area contributed by atoms with Crippen molar-refractivity contribution in [2.75, 3.05) is 24.8 Å². The zero-order valence-electron chi connectivity index (χ0n) is 29.8. The second kappa shape index (κ2) is 14.2. The van der Waals surface area contributed by atoms with Gasteiger partial charge in [0.1, 0.15) is 5.75 Å². The van der Waals surface area contributed by atoms with E-state index in [1.807, 2.05) is 18.3 Å². The van der Waals surface area contributed by atoms with E-state index in [9.17, 15) is 9.59 Å². The molecule has 46 heavy (non-hydrogen) atoms. The predicted octanol–water partition coefficient (Wildman–Crippen LogP) is 9.20. The molecular weight excluding hydrogens is 615 g/mol. The highest BCUT2D eigenvalue weighted by atomic mass is 28.4. The van der Waals surface area contributed by atoms with Crippen molar-refractivity contribution in [1.82, 2.24) is 4.90 Å². The third-order valence-electron chi connectivity index (χ3n) is 9.89. The number of carboxylic acid groups (broad SMARTS) is 1. The summed E-state index contributed by atoms with van der Waals surface area (Å²) in [5, 5.41) is 11.5. The van der Waals surface area contributed by atoms with Crippen molar-refractivity contribution in [2.24, 2.45) is 0 Å². The second-order valence-electron chi connectivity index (χ2n) is 14.8. The highest BCUT2D eigenvalue weighted by Gasteiger charge is 2.47. The van der Waals surface area contributed by atoms with Crippen LogP contribution in [0.25, 0.3) is 5.57 Å². The number of benzene rings is 2. The molecule has 0 aliphatic carbocycles. The van der Waals surface area contributed by atoms with Crippen molar-refractivity contribution in [3.05, 3.63) is 53.7 Å². The molecule has 2 aromatic rings. The maximum atomic E-state index is 14.3. The fourth-order valence-electron chi connectivity index (χ4n) is 6.33. The Kier molecular flexibility index (Phi) is 11.5. The number of hydrogen-bond donors (Lipinski definition) is 3. The molecule has 0 saturated heterocycles. The van der Waals surface area contributed by atoms with Gasteiger partial charge in [-0.05, 0) is 70.5 Å². The first-order valence-electron chi connectivity index (χ1n) is 16.2. The molecule has 0 radical (unpaired) electrons. The van der Waals surface area contributed by atoms with E-state index in [1.165, 1.54) is 0 Å². The van der Waals surface area contributed by atoms with Gasteiger partial charge in [0.2, 0.25) is 0 Å². The lowest BCUT2D eigenvalue weighted by Crippen LogP contribution is -2.50. The van der Waals surface area contributed by atoms with Gasteiger partial charge in [0.15, 0.2) is 14.1 Å². The van der Waals surface area contributed by atoms with E-state index in [2.05, 4.69) is 80.7 Å². The van der Waals surface area contributed by atoms with Crippen molar-refractivity contribution in [3.8, 4) is 11.5 Å². The number of nitrogen functional groups attached to an aromatic ring is 1. The monoisotopic (exact) mass is 669 g/mol. The zero-order valence-corrected chi connectivity index (χ0v) is 31.8. The largest absolute Gasteiger partial charge is 0.540 e. The number of carbonyl (C=O) groups excluding carboxylic acids is 1. The van der Waals surface area contributed by atoms with Gasteiger partial charge in [-0.2, -0.15) is 0 Å². The van der Waals surface area contributed by atoms with Gasteiger partial charge >= 0.3 is 6.09 Å². The van der Waals surface area contributed by atoms with Gasteiger partial charge in [0.25, 0.3) is 14.2 Å². The molecule has 0 unspecified atom stereocenters. The number of anilines is 2. The lowest BCUT2D eigenvalue weighted by molar-refractivity contribution is 0.0738. The first kappa shape index (κ1) is 37.2. The number of carbonyl (C=O) groups is 2. The van der Waals surface area contributed by atoms with Crippen LogP contribution >= 0.6 is 0 Å². The minimum Gasteiger partial charge on any atom is -0.540 e. The van der Waals surface area contributed by atoms with Crippen LogP contribution in [0.2, 0.25) is 34.8 Å². The van der Waals surface area contributed by atoms with Crippen molar-refractivity contribution in [1.29, 1.82) is 0 Å². The van der Waals surface area contributed by atoms with Gasteiger partial charge in [-0.15, -0.1) is 0 Å². The van der Waals surface area contributed by atoms with Crippen molar-refractivity contribution < 1.29 is 28.3 Å². The minimum atomic E-state index is -2.31. The SMILES string of the molecule is COc1cc(C(=O)N2C=C(c3ccc(NC(=O)O)cc3)C[C@H]2CO[Si](C)(C)C(C)(C)C)c(N)cc1O[Si](C(C)C)(C(C)C)C(C)C. The second-order valence-corrected chi connectivity index (χ2v) is 25.0. The Morgan fingerprint density at radius 3 is 2.04 bits per heavy atom. The lowest BCUT2D eigenvalue weighted by Gasteiger charge is -2.42. The number of methoxy groups -OCH3 is 1. The Labute approximate surface area is 277 Å². The molecule has 0 spiro atoms. The molecule has 2 amide bonds. The third kappa shape index (κ3) is 7.80. The van der Waals surface area contributed by atoms with Gasteiger partial charge in [-0.1, -0.05) is 74.4 Å². The van der Waals surface area contributed by atoms with E-state index >= 15 is 0 Å². The third-order valence-corrected chi connectivity index (χ3v) is 20.4. The standard InChI is InChI=1S/C35H55N3O6Si2/c1-22(2)46(23(3)4,24(5)6)44-32-19-30(36)29(18-31(32)42-10)33(39)38-20-26(25-13-15-27(16-14-25)37-34(40)41)17-28(38)21-43-45(11,12)35(7,8)9/h13-16,18-20,22-24,28,37H,17,21,36H2,1-12H3,(H,40,41)/t28-/m0/s1. The highest BCUT2D eigenvalue weighted by molar-refractivity contribution is 6.78. The normalized spacial score (nSPS) is 15.8. The summed E-state index contributed by atoms with van der Waals surface area (Å²) in [5.41, 5.74) is 10.7. The smallest absolute Gasteiger partial charge is 0.409 e. The fraction of sp³-hybridized carbons (Fsp3) is 0.543. The van der Waals surface area contributed by atoms with E-state index in [0.29, 0.717) is 58.1 Å². The molecule has 0 saturated carbocycles. The van der Waals surface area contributed by atoms with Crippen LogP contribution in [0.4, 0.5) is 16.2 Å². The zero-order chi connectivity index (χ0) is 34.8. The summed E-state index contributed by atoms with van der Waals surface area (Å²) in [4.78, 5) is 27.1. The minimum absolute atomic E-state index is 0.0117. The van der Waals surface area contributed by atoms with Crippen LogP contribution in [-0.4, -0.2) is 58.4 Å². The maximum absolute atomic E-state index is 14.3. The molecule has 254 valence electrons. The number of nitrogens with two attached hydrogens (primary N) is 1. The summed E-state index contributed by atoms with van der Waals surface area (Å²) in [7, 11) is -2.84. The van der Waals surface area contributed by atoms with Gasteiger partial charge in [-0.3, -0.25) is 10.1 Å². The summed E-state index contributed by atoms with van der Waals surface area (Å²) in [6.45, 7) is 24.7. The van der Waals surface area contributed by atoms with Crippen LogP contribution in [0.3, 0.4) is 0 Å². The topological polar surface area (TPSA) is 123 Å².